The highest BCUT2D eigenvalue weighted by Gasteiger charge is 2.53. The minimum absolute atomic E-state index is 0.0194. The molecular weight excluding hydrogens is 296 g/mol. The van der Waals surface area contributed by atoms with E-state index in [1.54, 1.807) is 16.7 Å². The molecule has 0 spiro atoms. The van der Waals surface area contributed by atoms with E-state index < -0.39 is 12.0 Å². The van der Waals surface area contributed by atoms with E-state index in [2.05, 4.69) is 5.32 Å². The number of ether oxygens (including phenoxy) is 2. The average molecular weight is 316 g/mol. The highest BCUT2D eigenvalue weighted by molar-refractivity contribution is 8.01. The SMILES string of the molecule is COCCNC(=O)COC(=O)[C@@H]1CS[C@@]2(C)CCC(=O)N12. The van der Waals surface area contributed by atoms with Crippen molar-refractivity contribution in [1.82, 2.24) is 10.2 Å². The number of esters is 1. The second-order valence-corrected chi connectivity index (χ2v) is 6.72. The predicted octanol–water partition coefficient (Wildman–Crippen LogP) is -0.254. The van der Waals surface area contributed by atoms with Crippen LogP contribution in [0.2, 0.25) is 0 Å². The summed E-state index contributed by atoms with van der Waals surface area (Å²) in [4.78, 5) is 36.7. The van der Waals surface area contributed by atoms with Crippen LogP contribution >= 0.6 is 11.8 Å². The third-order valence-corrected chi connectivity index (χ3v) is 5.20. The van der Waals surface area contributed by atoms with Crippen molar-refractivity contribution in [2.45, 2.75) is 30.7 Å². The van der Waals surface area contributed by atoms with E-state index in [0.717, 1.165) is 6.42 Å². The van der Waals surface area contributed by atoms with Crippen molar-refractivity contribution in [3.63, 3.8) is 0 Å². The first-order valence-electron chi connectivity index (χ1n) is 6.86. The Hall–Kier alpha value is -1.28. The van der Waals surface area contributed by atoms with Crippen molar-refractivity contribution in [3.05, 3.63) is 0 Å². The normalized spacial score (nSPS) is 27.6. The van der Waals surface area contributed by atoms with Crippen molar-refractivity contribution >= 4 is 29.5 Å². The van der Waals surface area contributed by atoms with Crippen LogP contribution in [0.1, 0.15) is 19.8 Å². The lowest BCUT2D eigenvalue weighted by Crippen LogP contribution is -2.47. The summed E-state index contributed by atoms with van der Waals surface area (Å²) >= 11 is 1.59. The number of carbonyl (C=O) groups is 3. The van der Waals surface area contributed by atoms with E-state index in [0.29, 0.717) is 25.3 Å². The first-order chi connectivity index (χ1) is 9.98. The zero-order chi connectivity index (χ0) is 15.5. The number of fused-ring (bicyclic) bond motifs is 1. The van der Waals surface area contributed by atoms with E-state index in [1.165, 1.54) is 7.11 Å². The Morgan fingerprint density at radius 2 is 2.29 bits per heavy atom. The molecule has 0 aromatic carbocycles. The van der Waals surface area contributed by atoms with Gasteiger partial charge in [0, 0.05) is 25.8 Å². The molecule has 0 bridgehead atoms. The molecule has 0 aliphatic carbocycles. The molecule has 2 aliphatic rings. The molecule has 2 heterocycles. The van der Waals surface area contributed by atoms with Crippen molar-refractivity contribution in [1.29, 1.82) is 0 Å². The van der Waals surface area contributed by atoms with Crippen LogP contribution in [-0.4, -0.2) is 66.2 Å². The second-order valence-electron chi connectivity index (χ2n) is 5.22. The molecule has 1 N–H and O–H groups in total. The molecule has 2 aliphatic heterocycles. The lowest BCUT2D eigenvalue weighted by atomic mass is 10.2. The largest absolute Gasteiger partial charge is 0.454 e. The van der Waals surface area contributed by atoms with Crippen LogP contribution < -0.4 is 5.32 Å². The topological polar surface area (TPSA) is 84.9 Å². The van der Waals surface area contributed by atoms with Crippen molar-refractivity contribution in [2.75, 3.05) is 32.6 Å². The quantitative estimate of drug-likeness (QED) is 0.537. The lowest BCUT2D eigenvalue weighted by Gasteiger charge is -2.29. The highest BCUT2D eigenvalue weighted by atomic mass is 32.2. The summed E-state index contributed by atoms with van der Waals surface area (Å²) in [7, 11) is 1.54. The Morgan fingerprint density at radius 3 is 3.00 bits per heavy atom. The van der Waals surface area contributed by atoms with Crippen LogP contribution in [0.15, 0.2) is 0 Å². The Bertz CT molecular complexity index is 444. The van der Waals surface area contributed by atoms with Crippen molar-refractivity contribution in [2.24, 2.45) is 0 Å². The minimum atomic E-state index is -0.582. The number of hydrogen-bond acceptors (Lipinski definition) is 6. The fourth-order valence-corrected chi connectivity index (χ4v) is 3.99. The minimum Gasteiger partial charge on any atom is -0.454 e. The van der Waals surface area contributed by atoms with Gasteiger partial charge in [-0.3, -0.25) is 9.59 Å². The number of methoxy groups -OCH3 is 1. The molecule has 118 valence electrons. The van der Waals surface area contributed by atoms with E-state index in [1.807, 2.05) is 6.92 Å². The summed E-state index contributed by atoms with van der Waals surface area (Å²) in [5, 5.41) is 2.57. The van der Waals surface area contributed by atoms with Crippen LogP contribution in [0.3, 0.4) is 0 Å². The molecule has 2 fully saturated rings. The average Bonchev–Trinajstić information content (AvgIpc) is 2.94. The molecule has 8 heteroatoms. The maximum atomic E-state index is 12.1. The monoisotopic (exact) mass is 316 g/mol. The molecule has 7 nitrogen and oxygen atoms in total. The Labute approximate surface area is 127 Å². The van der Waals surface area contributed by atoms with Gasteiger partial charge in [0.15, 0.2) is 6.61 Å². The zero-order valence-corrected chi connectivity index (χ0v) is 13.0. The van der Waals surface area contributed by atoms with Crippen LogP contribution in [0.25, 0.3) is 0 Å². The lowest BCUT2D eigenvalue weighted by molar-refractivity contribution is -0.156. The highest BCUT2D eigenvalue weighted by Crippen LogP contribution is 2.47. The van der Waals surface area contributed by atoms with Crippen LogP contribution in [0.4, 0.5) is 0 Å². The number of thioether (sulfide) groups is 1. The van der Waals surface area contributed by atoms with Crippen LogP contribution in [0.5, 0.6) is 0 Å². The van der Waals surface area contributed by atoms with Gasteiger partial charge in [-0.1, -0.05) is 0 Å². The van der Waals surface area contributed by atoms with Gasteiger partial charge in [0.25, 0.3) is 5.91 Å². The number of carbonyl (C=O) groups excluding carboxylic acids is 3. The molecule has 2 rings (SSSR count). The summed E-state index contributed by atoms with van der Waals surface area (Å²) < 4.78 is 9.82. The fraction of sp³-hybridized carbons (Fsp3) is 0.769. The summed E-state index contributed by atoms with van der Waals surface area (Å²) in [5.74, 6) is -0.384. The van der Waals surface area contributed by atoms with E-state index >= 15 is 0 Å². The molecule has 0 aromatic rings. The van der Waals surface area contributed by atoms with Crippen molar-refractivity contribution in [3.8, 4) is 0 Å². The van der Waals surface area contributed by atoms with Crippen LogP contribution in [-0.2, 0) is 23.9 Å². The summed E-state index contributed by atoms with van der Waals surface area (Å²) in [5.41, 5.74) is 0. The number of nitrogens with one attached hydrogen (secondary N) is 1. The number of rotatable bonds is 6. The number of hydrogen-bond donors (Lipinski definition) is 1. The Morgan fingerprint density at radius 1 is 1.52 bits per heavy atom. The van der Waals surface area contributed by atoms with E-state index in [9.17, 15) is 14.4 Å². The Kier molecular flexibility index (Phi) is 5.10. The summed E-state index contributed by atoms with van der Waals surface area (Å²) in [6, 6.07) is -0.582. The van der Waals surface area contributed by atoms with Gasteiger partial charge in [0.1, 0.15) is 6.04 Å². The zero-order valence-electron chi connectivity index (χ0n) is 12.2. The van der Waals surface area contributed by atoms with Crippen molar-refractivity contribution < 1.29 is 23.9 Å². The number of amides is 2. The van der Waals surface area contributed by atoms with Gasteiger partial charge < -0.3 is 19.7 Å². The van der Waals surface area contributed by atoms with Gasteiger partial charge in [-0.25, -0.2) is 4.79 Å². The first-order valence-corrected chi connectivity index (χ1v) is 7.85. The number of nitrogens with zero attached hydrogens (tertiary/aromatic N) is 1. The molecule has 0 aromatic heterocycles. The molecular formula is C13H20N2O5S. The maximum Gasteiger partial charge on any atom is 0.330 e. The van der Waals surface area contributed by atoms with E-state index in [-0.39, 0.29) is 23.3 Å². The van der Waals surface area contributed by atoms with Gasteiger partial charge in [0.05, 0.1) is 11.5 Å². The van der Waals surface area contributed by atoms with Gasteiger partial charge in [-0.15, -0.1) is 11.8 Å². The predicted molar refractivity (Wildman–Crippen MR) is 76.6 cm³/mol. The summed E-state index contributed by atoms with van der Waals surface area (Å²) in [6.45, 7) is 2.41. The van der Waals surface area contributed by atoms with Gasteiger partial charge >= 0.3 is 5.97 Å². The van der Waals surface area contributed by atoms with E-state index in [4.69, 9.17) is 9.47 Å². The van der Waals surface area contributed by atoms with Gasteiger partial charge in [0.2, 0.25) is 5.91 Å². The third-order valence-electron chi connectivity index (χ3n) is 3.69. The molecule has 0 unspecified atom stereocenters. The fourth-order valence-electron chi connectivity index (χ4n) is 2.57. The Balaban J connectivity index is 1.81. The second kappa shape index (κ2) is 6.65. The molecule has 2 amide bonds. The van der Waals surface area contributed by atoms with Crippen LogP contribution in [0, 0.1) is 0 Å². The third kappa shape index (κ3) is 3.49. The molecule has 2 saturated heterocycles. The maximum absolute atomic E-state index is 12.1. The molecule has 21 heavy (non-hydrogen) atoms. The first kappa shape index (κ1) is 16.1. The standard InChI is InChI=1S/C13H20N2O5S/c1-13-4-3-11(17)15(13)9(8-21-13)12(18)20-7-10(16)14-5-6-19-2/h9H,3-8H2,1-2H3,(H,14,16)/t9-,13-/m0/s1. The molecule has 0 radical (unpaired) electrons. The molecule has 2 atom stereocenters. The van der Waals surface area contributed by atoms with Gasteiger partial charge in [-0.2, -0.15) is 0 Å². The van der Waals surface area contributed by atoms with Gasteiger partial charge in [-0.05, 0) is 13.3 Å². The smallest absolute Gasteiger partial charge is 0.330 e. The molecule has 0 saturated carbocycles. The summed E-state index contributed by atoms with van der Waals surface area (Å²) in [6.07, 6.45) is 1.21.